The summed E-state index contributed by atoms with van der Waals surface area (Å²) in [5, 5.41) is 10.9. The van der Waals surface area contributed by atoms with Crippen molar-refractivity contribution >= 4 is 0 Å². The first-order valence-electron chi connectivity index (χ1n) is 9.60. The second kappa shape index (κ2) is 8.04. The predicted octanol–water partition coefficient (Wildman–Crippen LogP) is 2.95. The summed E-state index contributed by atoms with van der Waals surface area (Å²) in [6, 6.07) is 17.4. The fourth-order valence-corrected chi connectivity index (χ4v) is 3.83. The molecule has 2 aromatic rings. The van der Waals surface area contributed by atoms with Crippen molar-refractivity contribution in [3.05, 3.63) is 60.2 Å². The van der Waals surface area contributed by atoms with Gasteiger partial charge in [0.05, 0.1) is 0 Å². The van der Waals surface area contributed by atoms with Crippen LogP contribution in [0.5, 0.6) is 11.5 Å². The molecule has 5 rings (SSSR count). The molecule has 0 spiro atoms. The molecule has 0 aliphatic carbocycles. The summed E-state index contributed by atoms with van der Waals surface area (Å²) in [6.45, 7) is 3.84. The van der Waals surface area contributed by atoms with Gasteiger partial charge in [0.2, 0.25) is 0 Å². The first-order chi connectivity index (χ1) is 13.2. The lowest BCUT2D eigenvalue weighted by molar-refractivity contribution is -0.0713. The molecule has 0 radical (unpaired) electrons. The van der Waals surface area contributed by atoms with Crippen molar-refractivity contribution in [2.75, 3.05) is 32.8 Å². The van der Waals surface area contributed by atoms with E-state index in [0.717, 1.165) is 43.0 Å². The topological polar surface area (TPSA) is 41.9 Å². The van der Waals surface area contributed by atoms with Crippen LogP contribution in [0.15, 0.2) is 54.6 Å². The van der Waals surface area contributed by atoms with Crippen LogP contribution >= 0.6 is 0 Å². The Bertz CT molecular complexity index is 801. The average molecular weight is 363 g/mol. The van der Waals surface area contributed by atoms with E-state index in [9.17, 15) is 5.11 Å². The van der Waals surface area contributed by atoms with Crippen molar-refractivity contribution in [3.8, 4) is 23.3 Å². The Hall–Kier alpha value is -2.48. The van der Waals surface area contributed by atoms with Gasteiger partial charge in [0.1, 0.15) is 30.3 Å². The zero-order chi connectivity index (χ0) is 18.5. The van der Waals surface area contributed by atoms with Crippen LogP contribution in [0, 0.1) is 17.8 Å². The first-order valence-corrected chi connectivity index (χ1v) is 9.60. The van der Waals surface area contributed by atoms with Crippen LogP contribution in [0.4, 0.5) is 0 Å². The Morgan fingerprint density at radius 2 is 1.56 bits per heavy atom. The van der Waals surface area contributed by atoms with Crippen LogP contribution in [-0.4, -0.2) is 48.5 Å². The van der Waals surface area contributed by atoms with E-state index in [2.05, 4.69) is 16.7 Å². The largest absolute Gasteiger partial charge is 0.490 e. The zero-order valence-electron chi connectivity index (χ0n) is 15.4. The Morgan fingerprint density at radius 1 is 0.926 bits per heavy atom. The fourth-order valence-electron chi connectivity index (χ4n) is 3.83. The molecular formula is C23H25NO3. The van der Waals surface area contributed by atoms with Gasteiger partial charge in [-0.1, -0.05) is 30.0 Å². The van der Waals surface area contributed by atoms with Gasteiger partial charge in [0.15, 0.2) is 0 Å². The first kappa shape index (κ1) is 17.9. The quantitative estimate of drug-likeness (QED) is 0.655. The molecule has 3 aliphatic heterocycles. The molecule has 27 heavy (non-hydrogen) atoms. The summed E-state index contributed by atoms with van der Waals surface area (Å²) in [5.74, 6) is 8.23. The fraction of sp³-hybridized carbons (Fsp3) is 0.391. The highest BCUT2D eigenvalue weighted by Gasteiger charge is 2.44. The Balaban J connectivity index is 1.28. The van der Waals surface area contributed by atoms with Gasteiger partial charge in [0, 0.05) is 18.0 Å². The molecule has 140 valence electrons. The highest BCUT2D eigenvalue weighted by atomic mass is 16.5. The van der Waals surface area contributed by atoms with E-state index in [1.165, 1.54) is 0 Å². The molecule has 3 aliphatic rings. The van der Waals surface area contributed by atoms with Crippen LogP contribution in [0.2, 0.25) is 0 Å². The molecule has 1 N–H and O–H groups in total. The second-order valence-corrected chi connectivity index (χ2v) is 7.26. The average Bonchev–Trinajstić information content (AvgIpc) is 2.72. The number of hydrogen-bond donors (Lipinski definition) is 1. The number of hydrogen-bond acceptors (Lipinski definition) is 4. The normalized spacial score (nSPS) is 26.1. The number of para-hydroxylation sites is 1. The lowest BCUT2D eigenvalue weighted by Gasteiger charge is -2.47. The van der Waals surface area contributed by atoms with Gasteiger partial charge in [-0.15, -0.1) is 0 Å². The van der Waals surface area contributed by atoms with Crippen LogP contribution < -0.4 is 9.47 Å². The van der Waals surface area contributed by atoms with Crippen LogP contribution in [0.25, 0.3) is 0 Å². The number of nitrogens with zero attached hydrogens (tertiary/aromatic N) is 1. The van der Waals surface area contributed by atoms with Crippen molar-refractivity contribution in [2.24, 2.45) is 5.92 Å². The lowest BCUT2D eigenvalue weighted by atomic mass is 9.76. The molecule has 4 heteroatoms. The molecule has 1 unspecified atom stereocenters. The smallest absolute Gasteiger partial charge is 0.141 e. The second-order valence-electron chi connectivity index (χ2n) is 7.26. The number of ether oxygens (including phenoxy) is 2. The van der Waals surface area contributed by atoms with E-state index in [1.54, 1.807) is 0 Å². The van der Waals surface area contributed by atoms with Gasteiger partial charge in [-0.3, -0.25) is 4.90 Å². The highest BCUT2D eigenvalue weighted by Crippen LogP contribution is 2.35. The molecule has 3 saturated heterocycles. The van der Waals surface area contributed by atoms with E-state index in [0.29, 0.717) is 25.7 Å². The molecule has 2 aromatic carbocycles. The maximum absolute atomic E-state index is 10.9. The van der Waals surface area contributed by atoms with Gasteiger partial charge in [0.25, 0.3) is 0 Å². The molecule has 4 nitrogen and oxygen atoms in total. The van der Waals surface area contributed by atoms with E-state index in [-0.39, 0.29) is 0 Å². The number of piperidine rings is 3. The molecule has 3 fully saturated rings. The molecule has 0 amide bonds. The number of aliphatic hydroxyl groups is 1. The van der Waals surface area contributed by atoms with E-state index in [1.807, 2.05) is 54.6 Å². The molecule has 2 bridgehead atoms. The third-order valence-electron chi connectivity index (χ3n) is 5.37. The van der Waals surface area contributed by atoms with Crippen molar-refractivity contribution in [1.82, 2.24) is 4.90 Å². The van der Waals surface area contributed by atoms with Crippen LogP contribution in [0.1, 0.15) is 18.4 Å². The molecule has 0 saturated carbocycles. The minimum Gasteiger partial charge on any atom is -0.490 e. The van der Waals surface area contributed by atoms with Gasteiger partial charge in [-0.2, -0.15) is 0 Å². The monoisotopic (exact) mass is 363 g/mol. The van der Waals surface area contributed by atoms with Gasteiger partial charge >= 0.3 is 0 Å². The van der Waals surface area contributed by atoms with Gasteiger partial charge in [-0.05, 0) is 62.3 Å². The lowest BCUT2D eigenvalue weighted by Crippen LogP contribution is -2.58. The number of benzene rings is 2. The minimum absolute atomic E-state index is 0.308. The van der Waals surface area contributed by atoms with Crippen LogP contribution in [0.3, 0.4) is 0 Å². The van der Waals surface area contributed by atoms with Crippen molar-refractivity contribution in [1.29, 1.82) is 0 Å². The summed E-state index contributed by atoms with van der Waals surface area (Å²) in [4.78, 5) is 2.31. The maximum Gasteiger partial charge on any atom is 0.141 e. The van der Waals surface area contributed by atoms with Gasteiger partial charge < -0.3 is 14.6 Å². The molecule has 0 aromatic heterocycles. The van der Waals surface area contributed by atoms with E-state index >= 15 is 0 Å². The standard InChI is InChI=1S/C23H25NO3/c25-23(18-24-14-11-20(23)12-15-24)13-10-19-6-8-22(9-7-19)27-17-16-26-21-4-2-1-3-5-21/h1-9,20,25H,11-12,14-18H2. The van der Waals surface area contributed by atoms with Crippen molar-refractivity contribution in [2.45, 2.75) is 18.4 Å². The van der Waals surface area contributed by atoms with Crippen molar-refractivity contribution in [3.63, 3.8) is 0 Å². The summed E-state index contributed by atoms with van der Waals surface area (Å²) in [5.41, 5.74) is 0.0354. The van der Waals surface area contributed by atoms with E-state index < -0.39 is 5.60 Å². The highest BCUT2D eigenvalue weighted by molar-refractivity contribution is 5.40. The van der Waals surface area contributed by atoms with Crippen LogP contribution in [-0.2, 0) is 0 Å². The summed E-state index contributed by atoms with van der Waals surface area (Å²) in [7, 11) is 0. The predicted molar refractivity (Wildman–Crippen MR) is 105 cm³/mol. The zero-order valence-corrected chi connectivity index (χ0v) is 15.4. The Kier molecular flexibility index (Phi) is 5.33. The van der Waals surface area contributed by atoms with Gasteiger partial charge in [-0.25, -0.2) is 0 Å². The SMILES string of the molecule is OC1(C#Cc2ccc(OCCOc3ccccc3)cc2)CN2CCC1CC2. The van der Waals surface area contributed by atoms with Crippen molar-refractivity contribution < 1.29 is 14.6 Å². The molecule has 1 atom stereocenters. The Labute approximate surface area is 160 Å². The molecule has 3 heterocycles. The number of rotatable bonds is 5. The number of fused-ring (bicyclic) bond motifs is 3. The third kappa shape index (κ3) is 4.44. The molecular weight excluding hydrogens is 338 g/mol. The summed E-state index contributed by atoms with van der Waals surface area (Å²) >= 11 is 0. The Morgan fingerprint density at radius 3 is 2.15 bits per heavy atom. The minimum atomic E-state index is -0.861. The summed E-state index contributed by atoms with van der Waals surface area (Å²) in [6.07, 6.45) is 2.09. The van der Waals surface area contributed by atoms with E-state index in [4.69, 9.17) is 9.47 Å². The summed E-state index contributed by atoms with van der Waals surface area (Å²) < 4.78 is 11.3. The third-order valence-corrected chi connectivity index (χ3v) is 5.37. The maximum atomic E-state index is 10.9.